The van der Waals surface area contributed by atoms with Crippen molar-refractivity contribution in [2.24, 2.45) is 0 Å². The Bertz CT molecular complexity index is 407. The van der Waals surface area contributed by atoms with Crippen molar-refractivity contribution in [3.8, 4) is 0 Å². The third-order valence-corrected chi connectivity index (χ3v) is 4.14. The summed E-state index contributed by atoms with van der Waals surface area (Å²) in [7, 11) is 0. The third kappa shape index (κ3) is 2.44. The van der Waals surface area contributed by atoms with E-state index in [1.54, 1.807) is 0 Å². The summed E-state index contributed by atoms with van der Waals surface area (Å²) in [5.41, 5.74) is 3.00. The molecule has 2 aliphatic rings. The second-order valence-corrected chi connectivity index (χ2v) is 5.37. The van der Waals surface area contributed by atoms with Crippen LogP contribution in [-0.2, 0) is 11.2 Å². The van der Waals surface area contributed by atoms with Gasteiger partial charge in [0, 0.05) is 25.2 Å². The van der Waals surface area contributed by atoms with Gasteiger partial charge in [-0.1, -0.05) is 24.3 Å². The standard InChI is InChI=1S/C15H22N2O/c1-12-11-18-9-8-17(12)10-15-14-5-3-2-4-13(14)6-7-16-15/h2-5,12,15-16H,6-11H2,1H3. The summed E-state index contributed by atoms with van der Waals surface area (Å²) in [5, 5.41) is 3.66. The molecule has 1 N–H and O–H groups in total. The minimum absolute atomic E-state index is 0.482. The van der Waals surface area contributed by atoms with Gasteiger partial charge in [-0.2, -0.15) is 0 Å². The van der Waals surface area contributed by atoms with Crippen LogP contribution in [0.2, 0.25) is 0 Å². The fourth-order valence-corrected chi connectivity index (χ4v) is 3.02. The van der Waals surface area contributed by atoms with Crippen molar-refractivity contribution in [1.82, 2.24) is 10.2 Å². The maximum absolute atomic E-state index is 5.51. The monoisotopic (exact) mass is 246 g/mol. The summed E-state index contributed by atoms with van der Waals surface area (Å²) in [6.45, 7) is 7.25. The Morgan fingerprint density at radius 3 is 3.17 bits per heavy atom. The summed E-state index contributed by atoms with van der Waals surface area (Å²) in [6.07, 6.45) is 1.16. The number of nitrogens with one attached hydrogen (secondary N) is 1. The number of morpholine rings is 1. The van der Waals surface area contributed by atoms with Crippen molar-refractivity contribution in [3.63, 3.8) is 0 Å². The van der Waals surface area contributed by atoms with Crippen molar-refractivity contribution in [1.29, 1.82) is 0 Å². The normalized spacial score (nSPS) is 28.9. The second kappa shape index (κ2) is 5.39. The summed E-state index contributed by atoms with van der Waals surface area (Å²) in [4.78, 5) is 2.54. The first-order valence-corrected chi connectivity index (χ1v) is 6.97. The van der Waals surface area contributed by atoms with Gasteiger partial charge in [0.2, 0.25) is 0 Å². The molecule has 0 spiro atoms. The highest BCUT2D eigenvalue weighted by atomic mass is 16.5. The molecule has 0 amide bonds. The molecule has 3 heteroatoms. The lowest BCUT2D eigenvalue weighted by Gasteiger charge is -2.37. The van der Waals surface area contributed by atoms with Crippen LogP contribution in [0.1, 0.15) is 24.1 Å². The molecule has 2 aliphatic heterocycles. The van der Waals surface area contributed by atoms with E-state index < -0.39 is 0 Å². The van der Waals surface area contributed by atoms with Crippen molar-refractivity contribution in [2.75, 3.05) is 32.8 Å². The number of nitrogens with zero attached hydrogens (tertiary/aromatic N) is 1. The minimum atomic E-state index is 0.482. The van der Waals surface area contributed by atoms with Gasteiger partial charge in [0.05, 0.1) is 13.2 Å². The van der Waals surface area contributed by atoms with E-state index in [0.29, 0.717) is 12.1 Å². The first-order chi connectivity index (χ1) is 8.84. The first-order valence-electron chi connectivity index (χ1n) is 6.97. The minimum Gasteiger partial charge on any atom is -0.379 e. The fraction of sp³-hybridized carbons (Fsp3) is 0.600. The Hall–Kier alpha value is -0.900. The first kappa shape index (κ1) is 12.2. The average Bonchev–Trinajstić information content (AvgIpc) is 2.42. The molecule has 18 heavy (non-hydrogen) atoms. The van der Waals surface area contributed by atoms with Crippen LogP contribution in [0.15, 0.2) is 24.3 Å². The summed E-state index contributed by atoms with van der Waals surface area (Å²) in [5.74, 6) is 0. The molecular formula is C15H22N2O. The quantitative estimate of drug-likeness (QED) is 0.858. The van der Waals surface area contributed by atoms with Gasteiger partial charge in [0.1, 0.15) is 0 Å². The summed E-state index contributed by atoms with van der Waals surface area (Å²) in [6, 6.07) is 9.87. The van der Waals surface area contributed by atoms with Crippen molar-refractivity contribution in [3.05, 3.63) is 35.4 Å². The molecule has 3 nitrogen and oxygen atoms in total. The Balaban J connectivity index is 1.73. The van der Waals surface area contributed by atoms with E-state index >= 15 is 0 Å². The molecule has 1 aromatic carbocycles. The van der Waals surface area contributed by atoms with Gasteiger partial charge in [-0.25, -0.2) is 0 Å². The molecule has 1 aromatic rings. The van der Waals surface area contributed by atoms with E-state index in [9.17, 15) is 0 Å². The molecular weight excluding hydrogens is 224 g/mol. The molecule has 2 heterocycles. The van der Waals surface area contributed by atoms with Crippen LogP contribution < -0.4 is 5.32 Å². The highest BCUT2D eigenvalue weighted by Crippen LogP contribution is 2.24. The van der Waals surface area contributed by atoms with Crippen molar-refractivity contribution < 1.29 is 4.74 Å². The summed E-state index contributed by atoms with van der Waals surface area (Å²) >= 11 is 0. The SMILES string of the molecule is CC1COCCN1CC1NCCc2ccccc21. The van der Waals surface area contributed by atoms with Crippen LogP contribution in [0.5, 0.6) is 0 Å². The van der Waals surface area contributed by atoms with Crippen LogP contribution in [0.25, 0.3) is 0 Å². The Morgan fingerprint density at radius 1 is 1.39 bits per heavy atom. The molecule has 0 aromatic heterocycles. The largest absolute Gasteiger partial charge is 0.379 e. The highest BCUT2D eigenvalue weighted by Gasteiger charge is 2.25. The lowest BCUT2D eigenvalue weighted by atomic mass is 9.94. The zero-order valence-corrected chi connectivity index (χ0v) is 11.1. The third-order valence-electron chi connectivity index (χ3n) is 4.14. The fourth-order valence-electron chi connectivity index (χ4n) is 3.02. The van der Waals surface area contributed by atoms with Crippen LogP contribution in [0, 0.1) is 0 Å². The maximum Gasteiger partial charge on any atom is 0.0619 e. The number of benzene rings is 1. The molecule has 0 saturated carbocycles. The van der Waals surface area contributed by atoms with E-state index in [2.05, 4.69) is 41.4 Å². The Labute approximate surface area is 109 Å². The molecule has 98 valence electrons. The van der Waals surface area contributed by atoms with E-state index in [4.69, 9.17) is 4.74 Å². The number of rotatable bonds is 2. The van der Waals surface area contributed by atoms with E-state index in [-0.39, 0.29) is 0 Å². The van der Waals surface area contributed by atoms with Gasteiger partial charge >= 0.3 is 0 Å². The zero-order valence-electron chi connectivity index (χ0n) is 11.1. The Morgan fingerprint density at radius 2 is 2.28 bits per heavy atom. The van der Waals surface area contributed by atoms with E-state index in [1.807, 2.05) is 0 Å². The zero-order chi connectivity index (χ0) is 12.4. The second-order valence-electron chi connectivity index (χ2n) is 5.37. The summed E-state index contributed by atoms with van der Waals surface area (Å²) < 4.78 is 5.51. The van der Waals surface area contributed by atoms with Crippen LogP contribution in [0.3, 0.4) is 0 Å². The topological polar surface area (TPSA) is 24.5 Å². The van der Waals surface area contributed by atoms with E-state index in [0.717, 1.165) is 39.3 Å². The van der Waals surface area contributed by atoms with Gasteiger partial charge in [-0.05, 0) is 31.0 Å². The molecule has 0 bridgehead atoms. The van der Waals surface area contributed by atoms with Gasteiger partial charge in [0.25, 0.3) is 0 Å². The van der Waals surface area contributed by atoms with Crippen LogP contribution in [0.4, 0.5) is 0 Å². The predicted molar refractivity (Wildman–Crippen MR) is 72.7 cm³/mol. The number of fused-ring (bicyclic) bond motifs is 1. The molecule has 2 atom stereocenters. The molecule has 1 fully saturated rings. The molecule has 2 unspecified atom stereocenters. The van der Waals surface area contributed by atoms with Gasteiger partial charge in [-0.15, -0.1) is 0 Å². The van der Waals surface area contributed by atoms with Gasteiger partial charge < -0.3 is 10.1 Å². The van der Waals surface area contributed by atoms with Crippen molar-refractivity contribution >= 4 is 0 Å². The lowest BCUT2D eigenvalue weighted by Crippen LogP contribution is -2.48. The molecule has 3 rings (SSSR count). The van der Waals surface area contributed by atoms with Gasteiger partial charge in [-0.3, -0.25) is 4.90 Å². The molecule has 0 aliphatic carbocycles. The maximum atomic E-state index is 5.51. The van der Waals surface area contributed by atoms with Crippen LogP contribution >= 0.6 is 0 Å². The van der Waals surface area contributed by atoms with Gasteiger partial charge in [0.15, 0.2) is 0 Å². The lowest BCUT2D eigenvalue weighted by molar-refractivity contribution is -0.00476. The van der Waals surface area contributed by atoms with Crippen LogP contribution in [-0.4, -0.2) is 43.8 Å². The number of hydrogen-bond acceptors (Lipinski definition) is 3. The molecule has 0 radical (unpaired) electrons. The average molecular weight is 246 g/mol. The smallest absolute Gasteiger partial charge is 0.0619 e. The number of ether oxygens (including phenoxy) is 1. The Kier molecular flexibility index (Phi) is 3.64. The number of hydrogen-bond donors (Lipinski definition) is 1. The van der Waals surface area contributed by atoms with E-state index in [1.165, 1.54) is 11.1 Å². The predicted octanol–water partition coefficient (Wildman–Crippen LogP) is 1.59. The highest BCUT2D eigenvalue weighted by molar-refractivity contribution is 5.32. The van der Waals surface area contributed by atoms with Crippen molar-refractivity contribution in [2.45, 2.75) is 25.4 Å². The molecule has 1 saturated heterocycles.